The van der Waals surface area contributed by atoms with E-state index in [0.29, 0.717) is 17.8 Å². The summed E-state index contributed by atoms with van der Waals surface area (Å²) in [6.07, 6.45) is 3.88. The van der Waals surface area contributed by atoms with Gasteiger partial charge in [-0.3, -0.25) is 4.79 Å². The summed E-state index contributed by atoms with van der Waals surface area (Å²) >= 11 is 0. The molecule has 100 valence electrons. The number of esters is 1. The molecule has 1 N–H and O–H groups in total. The van der Waals surface area contributed by atoms with E-state index in [2.05, 4.69) is 26.1 Å². The lowest BCUT2D eigenvalue weighted by molar-refractivity contribution is -0.153. The Hall–Kier alpha value is -0.570. The van der Waals surface area contributed by atoms with Crippen LogP contribution in [0, 0.1) is 11.3 Å². The van der Waals surface area contributed by atoms with Crippen molar-refractivity contribution in [1.82, 2.24) is 5.32 Å². The third kappa shape index (κ3) is 5.53. The molecule has 0 aromatic carbocycles. The molecule has 17 heavy (non-hydrogen) atoms. The SMILES string of the molecule is CCNCCC(=O)OC1CC(C)CC(C)(C)C1. The maximum absolute atomic E-state index is 11.6. The van der Waals surface area contributed by atoms with Crippen molar-refractivity contribution >= 4 is 5.97 Å². The summed E-state index contributed by atoms with van der Waals surface area (Å²) in [5.41, 5.74) is 0.310. The molecule has 3 heteroatoms. The number of nitrogens with one attached hydrogen (secondary N) is 1. The van der Waals surface area contributed by atoms with Crippen molar-refractivity contribution in [2.24, 2.45) is 11.3 Å². The molecule has 0 heterocycles. The van der Waals surface area contributed by atoms with Crippen LogP contribution in [0.25, 0.3) is 0 Å². The van der Waals surface area contributed by atoms with Crippen LogP contribution < -0.4 is 5.32 Å². The van der Waals surface area contributed by atoms with E-state index in [-0.39, 0.29) is 12.1 Å². The lowest BCUT2D eigenvalue weighted by atomic mass is 9.71. The van der Waals surface area contributed by atoms with Gasteiger partial charge in [0.2, 0.25) is 0 Å². The highest BCUT2D eigenvalue weighted by atomic mass is 16.5. The van der Waals surface area contributed by atoms with Gasteiger partial charge in [0.15, 0.2) is 0 Å². The number of rotatable bonds is 5. The highest BCUT2D eigenvalue weighted by molar-refractivity contribution is 5.69. The zero-order chi connectivity index (χ0) is 12.9. The molecule has 0 aromatic heterocycles. The second kappa shape index (κ2) is 6.39. The van der Waals surface area contributed by atoms with Gasteiger partial charge in [-0.2, -0.15) is 0 Å². The Labute approximate surface area is 105 Å². The first-order valence-electron chi connectivity index (χ1n) is 6.83. The van der Waals surface area contributed by atoms with Crippen molar-refractivity contribution in [1.29, 1.82) is 0 Å². The standard InChI is InChI=1S/C14H27NO2/c1-5-15-7-6-13(16)17-12-8-11(2)9-14(3,4)10-12/h11-12,15H,5-10H2,1-4H3. The molecule has 2 atom stereocenters. The van der Waals surface area contributed by atoms with Gasteiger partial charge in [-0.1, -0.05) is 27.7 Å². The van der Waals surface area contributed by atoms with Gasteiger partial charge >= 0.3 is 5.97 Å². The van der Waals surface area contributed by atoms with E-state index in [1.165, 1.54) is 6.42 Å². The van der Waals surface area contributed by atoms with E-state index in [9.17, 15) is 4.79 Å². The predicted molar refractivity (Wildman–Crippen MR) is 69.8 cm³/mol. The molecule has 1 rings (SSSR count). The molecule has 0 amide bonds. The van der Waals surface area contributed by atoms with Gasteiger partial charge in [0.25, 0.3) is 0 Å². The third-order valence-electron chi connectivity index (χ3n) is 3.40. The Bertz CT molecular complexity index is 251. The maximum Gasteiger partial charge on any atom is 0.307 e. The Balaban J connectivity index is 2.32. The summed E-state index contributed by atoms with van der Waals surface area (Å²) in [5, 5.41) is 3.14. The van der Waals surface area contributed by atoms with E-state index in [0.717, 1.165) is 25.9 Å². The minimum atomic E-state index is -0.0548. The molecule has 1 saturated carbocycles. The molecular weight excluding hydrogens is 214 g/mol. The number of carbonyl (C=O) groups excluding carboxylic acids is 1. The summed E-state index contributed by atoms with van der Waals surface area (Å²) in [6.45, 7) is 10.4. The van der Waals surface area contributed by atoms with Crippen LogP contribution in [-0.2, 0) is 9.53 Å². The molecule has 0 spiro atoms. The fraction of sp³-hybridized carbons (Fsp3) is 0.929. The second-order valence-electron chi connectivity index (χ2n) is 6.13. The minimum absolute atomic E-state index is 0.0548. The first-order chi connectivity index (χ1) is 7.93. The maximum atomic E-state index is 11.6. The average molecular weight is 241 g/mol. The Kier molecular flexibility index (Phi) is 5.44. The van der Waals surface area contributed by atoms with E-state index in [4.69, 9.17) is 4.74 Å². The molecule has 0 aromatic rings. The Morgan fingerprint density at radius 1 is 1.41 bits per heavy atom. The van der Waals surface area contributed by atoms with Gasteiger partial charge in [0.05, 0.1) is 6.42 Å². The quantitative estimate of drug-likeness (QED) is 0.594. The van der Waals surface area contributed by atoms with Crippen molar-refractivity contribution < 1.29 is 9.53 Å². The molecule has 0 saturated heterocycles. The van der Waals surface area contributed by atoms with Gasteiger partial charge in [0.1, 0.15) is 6.10 Å². The molecule has 1 aliphatic carbocycles. The van der Waals surface area contributed by atoms with Crippen LogP contribution in [0.5, 0.6) is 0 Å². The molecule has 0 bridgehead atoms. The lowest BCUT2D eigenvalue weighted by Gasteiger charge is -2.38. The molecule has 3 nitrogen and oxygen atoms in total. The largest absolute Gasteiger partial charge is 0.462 e. The highest BCUT2D eigenvalue weighted by Gasteiger charge is 2.33. The summed E-state index contributed by atoms with van der Waals surface area (Å²) in [5.74, 6) is 0.603. The van der Waals surface area contributed by atoms with E-state index in [1.807, 2.05) is 6.92 Å². The van der Waals surface area contributed by atoms with Gasteiger partial charge in [-0.05, 0) is 37.1 Å². The number of hydrogen-bond acceptors (Lipinski definition) is 3. The first kappa shape index (κ1) is 14.5. The average Bonchev–Trinajstić information content (AvgIpc) is 2.14. The van der Waals surface area contributed by atoms with Gasteiger partial charge in [-0.15, -0.1) is 0 Å². The first-order valence-corrected chi connectivity index (χ1v) is 6.83. The minimum Gasteiger partial charge on any atom is -0.462 e. The zero-order valence-electron chi connectivity index (χ0n) is 11.7. The molecule has 1 fully saturated rings. The molecule has 0 radical (unpaired) electrons. The van der Waals surface area contributed by atoms with Gasteiger partial charge < -0.3 is 10.1 Å². The fourth-order valence-corrected chi connectivity index (χ4v) is 2.96. The summed E-state index contributed by atoms with van der Waals surface area (Å²) in [7, 11) is 0. The second-order valence-corrected chi connectivity index (χ2v) is 6.13. The van der Waals surface area contributed by atoms with Crippen molar-refractivity contribution in [3.8, 4) is 0 Å². The molecule has 2 unspecified atom stereocenters. The van der Waals surface area contributed by atoms with Crippen LogP contribution in [0.4, 0.5) is 0 Å². The van der Waals surface area contributed by atoms with Crippen LogP contribution in [0.1, 0.15) is 53.4 Å². The number of ether oxygens (including phenoxy) is 1. The monoisotopic (exact) mass is 241 g/mol. The summed E-state index contributed by atoms with van der Waals surface area (Å²) in [4.78, 5) is 11.6. The van der Waals surface area contributed by atoms with Crippen LogP contribution in [0.2, 0.25) is 0 Å². The van der Waals surface area contributed by atoms with Crippen molar-refractivity contribution in [3.63, 3.8) is 0 Å². The summed E-state index contributed by atoms with van der Waals surface area (Å²) in [6, 6.07) is 0. The fourth-order valence-electron chi connectivity index (χ4n) is 2.96. The van der Waals surface area contributed by atoms with Crippen LogP contribution in [-0.4, -0.2) is 25.2 Å². The van der Waals surface area contributed by atoms with Crippen molar-refractivity contribution in [3.05, 3.63) is 0 Å². The van der Waals surface area contributed by atoms with Crippen LogP contribution >= 0.6 is 0 Å². The van der Waals surface area contributed by atoms with E-state index < -0.39 is 0 Å². The zero-order valence-corrected chi connectivity index (χ0v) is 11.7. The van der Waals surface area contributed by atoms with E-state index in [1.54, 1.807) is 0 Å². The number of hydrogen-bond donors (Lipinski definition) is 1. The van der Waals surface area contributed by atoms with Crippen molar-refractivity contribution in [2.45, 2.75) is 59.5 Å². The third-order valence-corrected chi connectivity index (χ3v) is 3.40. The van der Waals surface area contributed by atoms with E-state index >= 15 is 0 Å². The Morgan fingerprint density at radius 2 is 2.12 bits per heavy atom. The molecular formula is C14H27NO2. The summed E-state index contributed by atoms with van der Waals surface area (Å²) < 4.78 is 5.56. The van der Waals surface area contributed by atoms with Crippen molar-refractivity contribution in [2.75, 3.05) is 13.1 Å². The number of carbonyl (C=O) groups is 1. The smallest absolute Gasteiger partial charge is 0.307 e. The Morgan fingerprint density at radius 3 is 2.71 bits per heavy atom. The topological polar surface area (TPSA) is 38.3 Å². The van der Waals surface area contributed by atoms with Crippen LogP contribution in [0.15, 0.2) is 0 Å². The highest BCUT2D eigenvalue weighted by Crippen LogP contribution is 2.39. The molecule has 1 aliphatic rings. The van der Waals surface area contributed by atoms with Gasteiger partial charge in [0, 0.05) is 6.54 Å². The normalized spacial score (nSPS) is 27.8. The lowest BCUT2D eigenvalue weighted by Crippen LogP contribution is -2.34. The molecule has 0 aliphatic heterocycles. The van der Waals surface area contributed by atoms with Crippen LogP contribution in [0.3, 0.4) is 0 Å². The van der Waals surface area contributed by atoms with Gasteiger partial charge in [-0.25, -0.2) is 0 Å². The predicted octanol–water partition coefficient (Wildman–Crippen LogP) is 2.74.